The maximum atomic E-state index is 12.3. The minimum atomic E-state index is -0.211. The summed E-state index contributed by atoms with van der Waals surface area (Å²) in [6.45, 7) is 0.398. The molecule has 0 N–H and O–H groups in total. The summed E-state index contributed by atoms with van der Waals surface area (Å²) < 4.78 is 0. The zero-order valence-corrected chi connectivity index (χ0v) is 12.8. The molecule has 1 heterocycles. The van der Waals surface area contributed by atoms with Gasteiger partial charge in [-0.1, -0.05) is 12.1 Å². The van der Waals surface area contributed by atoms with Gasteiger partial charge in [-0.25, -0.2) is 4.79 Å². The Hall–Kier alpha value is -2.37. The molecule has 1 aromatic rings. The molecule has 0 atom stereocenters. The van der Waals surface area contributed by atoms with Crippen molar-refractivity contribution in [3.05, 3.63) is 35.4 Å². The summed E-state index contributed by atoms with van der Waals surface area (Å²) in [4.78, 5) is 40.7. The molecule has 1 aliphatic heterocycles. The van der Waals surface area contributed by atoms with Crippen LogP contribution in [0.4, 0.5) is 4.79 Å². The van der Waals surface area contributed by atoms with Crippen LogP contribution in [0.2, 0.25) is 0 Å². The van der Waals surface area contributed by atoms with Crippen LogP contribution in [0.15, 0.2) is 24.3 Å². The Kier molecular flexibility index (Phi) is 3.60. The topological polar surface area (TPSA) is 60.9 Å². The largest absolute Gasteiger partial charge is 0.345 e. The summed E-state index contributed by atoms with van der Waals surface area (Å²) in [5.41, 5.74) is 1.34. The van der Waals surface area contributed by atoms with E-state index < -0.39 is 0 Å². The van der Waals surface area contributed by atoms with Gasteiger partial charge in [0.05, 0.1) is 6.54 Å². The summed E-state index contributed by atoms with van der Waals surface area (Å²) in [6.07, 6.45) is 1.97. The van der Waals surface area contributed by atoms with Crippen LogP contribution in [0, 0.1) is 0 Å². The van der Waals surface area contributed by atoms with E-state index >= 15 is 0 Å². The van der Waals surface area contributed by atoms with E-state index in [2.05, 4.69) is 0 Å². The van der Waals surface area contributed by atoms with Crippen molar-refractivity contribution >= 4 is 17.8 Å². The van der Waals surface area contributed by atoms with E-state index in [0.717, 1.165) is 18.4 Å². The average molecular weight is 301 g/mol. The third-order valence-electron chi connectivity index (χ3n) is 3.99. The molecule has 6 nitrogen and oxygen atoms in total. The van der Waals surface area contributed by atoms with Crippen LogP contribution in [-0.2, 0) is 11.3 Å². The standard InChI is InChI=1S/C16H19N3O3/c1-17(2)15(21)12-5-3-4-11(8-12)9-19-14(20)10-18(16(19)22)13-6-7-13/h3-5,8,13H,6-7,9-10H2,1-2H3. The summed E-state index contributed by atoms with van der Waals surface area (Å²) >= 11 is 0. The smallest absolute Gasteiger partial charge is 0.327 e. The molecule has 0 radical (unpaired) electrons. The van der Waals surface area contributed by atoms with E-state index in [1.54, 1.807) is 37.2 Å². The van der Waals surface area contributed by atoms with Crippen LogP contribution in [0.3, 0.4) is 0 Å². The highest BCUT2D eigenvalue weighted by Crippen LogP contribution is 2.30. The molecule has 0 spiro atoms. The summed E-state index contributed by atoms with van der Waals surface area (Å²) in [6, 6.07) is 7.10. The molecule has 1 saturated carbocycles. The molecule has 6 heteroatoms. The monoisotopic (exact) mass is 301 g/mol. The number of hydrogen-bond acceptors (Lipinski definition) is 3. The van der Waals surface area contributed by atoms with Crippen LogP contribution >= 0.6 is 0 Å². The zero-order chi connectivity index (χ0) is 15.9. The Morgan fingerprint density at radius 3 is 2.64 bits per heavy atom. The molecule has 22 heavy (non-hydrogen) atoms. The Labute approximate surface area is 129 Å². The first-order valence-electron chi connectivity index (χ1n) is 7.39. The predicted molar refractivity (Wildman–Crippen MR) is 80.1 cm³/mol. The van der Waals surface area contributed by atoms with Crippen molar-refractivity contribution in [2.24, 2.45) is 0 Å². The SMILES string of the molecule is CN(C)C(=O)c1cccc(CN2C(=O)CN(C3CC3)C2=O)c1. The van der Waals surface area contributed by atoms with Gasteiger partial charge in [0.1, 0.15) is 6.54 Å². The minimum absolute atomic E-state index is 0.0967. The van der Waals surface area contributed by atoms with Gasteiger partial charge in [0, 0.05) is 25.7 Å². The van der Waals surface area contributed by atoms with Gasteiger partial charge in [-0.3, -0.25) is 14.5 Å². The second kappa shape index (κ2) is 5.44. The quantitative estimate of drug-likeness (QED) is 0.788. The normalized spacial score (nSPS) is 18.1. The molecule has 0 aromatic heterocycles. The molecule has 0 unspecified atom stereocenters. The molecular weight excluding hydrogens is 282 g/mol. The van der Waals surface area contributed by atoms with Gasteiger partial charge < -0.3 is 9.80 Å². The second-order valence-corrected chi connectivity index (χ2v) is 6.02. The molecular formula is C16H19N3O3. The zero-order valence-electron chi connectivity index (χ0n) is 12.8. The van der Waals surface area contributed by atoms with Crippen molar-refractivity contribution in [1.29, 1.82) is 0 Å². The first-order chi connectivity index (χ1) is 10.5. The number of amides is 4. The predicted octanol–water partition coefficient (Wildman–Crippen LogP) is 1.31. The van der Waals surface area contributed by atoms with Gasteiger partial charge in [0.2, 0.25) is 0 Å². The number of carbonyl (C=O) groups is 3. The van der Waals surface area contributed by atoms with E-state index in [0.29, 0.717) is 5.56 Å². The minimum Gasteiger partial charge on any atom is -0.345 e. The Balaban J connectivity index is 1.75. The lowest BCUT2D eigenvalue weighted by Crippen LogP contribution is -2.33. The third kappa shape index (κ3) is 2.68. The van der Waals surface area contributed by atoms with E-state index in [1.807, 2.05) is 6.07 Å². The number of hydrogen-bond donors (Lipinski definition) is 0. The van der Waals surface area contributed by atoms with E-state index in [4.69, 9.17) is 0 Å². The van der Waals surface area contributed by atoms with Gasteiger partial charge in [0.25, 0.3) is 11.8 Å². The van der Waals surface area contributed by atoms with E-state index in [-0.39, 0.29) is 37.0 Å². The Morgan fingerprint density at radius 1 is 1.27 bits per heavy atom. The number of rotatable bonds is 4. The highest BCUT2D eigenvalue weighted by Gasteiger charge is 2.43. The van der Waals surface area contributed by atoms with Crippen molar-refractivity contribution in [1.82, 2.24) is 14.7 Å². The number of urea groups is 1. The van der Waals surface area contributed by atoms with Gasteiger partial charge in [-0.05, 0) is 30.5 Å². The van der Waals surface area contributed by atoms with Crippen LogP contribution in [0.5, 0.6) is 0 Å². The fraction of sp³-hybridized carbons (Fsp3) is 0.438. The first-order valence-corrected chi connectivity index (χ1v) is 7.39. The number of nitrogens with zero attached hydrogens (tertiary/aromatic N) is 3. The van der Waals surface area contributed by atoms with E-state index in [1.165, 1.54) is 9.80 Å². The summed E-state index contributed by atoms with van der Waals surface area (Å²) in [7, 11) is 3.38. The van der Waals surface area contributed by atoms with Crippen LogP contribution in [0.1, 0.15) is 28.8 Å². The lowest BCUT2D eigenvalue weighted by Gasteiger charge is -2.17. The summed E-state index contributed by atoms with van der Waals surface area (Å²) in [5.74, 6) is -0.262. The maximum absolute atomic E-state index is 12.3. The van der Waals surface area contributed by atoms with Crippen LogP contribution < -0.4 is 0 Å². The number of carbonyl (C=O) groups excluding carboxylic acids is 3. The average Bonchev–Trinajstić information content (AvgIpc) is 3.29. The molecule has 116 valence electrons. The van der Waals surface area contributed by atoms with Crippen molar-refractivity contribution in [3.63, 3.8) is 0 Å². The Bertz CT molecular complexity index is 637. The highest BCUT2D eigenvalue weighted by molar-refractivity contribution is 6.02. The van der Waals surface area contributed by atoms with Gasteiger partial charge in [-0.2, -0.15) is 0 Å². The Morgan fingerprint density at radius 2 is 2.00 bits per heavy atom. The third-order valence-corrected chi connectivity index (χ3v) is 3.99. The van der Waals surface area contributed by atoms with Gasteiger partial charge in [-0.15, -0.1) is 0 Å². The van der Waals surface area contributed by atoms with Gasteiger partial charge >= 0.3 is 6.03 Å². The molecule has 0 bridgehead atoms. The second-order valence-electron chi connectivity index (χ2n) is 6.02. The molecule has 2 aliphatic rings. The molecule has 2 fully saturated rings. The fourth-order valence-electron chi connectivity index (χ4n) is 2.63. The first kappa shape index (κ1) is 14.6. The molecule has 3 rings (SSSR count). The molecule has 1 aromatic carbocycles. The lowest BCUT2D eigenvalue weighted by molar-refractivity contribution is -0.125. The highest BCUT2D eigenvalue weighted by atomic mass is 16.2. The molecule has 1 aliphatic carbocycles. The summed E-state index contributed by atoms with van der Waals surface area (Å²) in [5, 5.41) is 0. The van der Waals surface area contributed by atoms with Crippen molar-refractivity contribution in [2.75, 3.05) is 20.6 Å². The fourth-order valence-corrected chi connectivity index (χ4v) is 2.63. The van der Waals surface area contributed by atoms with Gasteiger partial charge in [0.15, 0.2) is 0 Å². The lowest BCUT2D eigenvalue weighted by atomic mass is 10.1. The molecule has 4 amide bonds. The van der Waals surface area contributed by atoms with Crippen molar-refractivity contribution in [2.45, 2.75) is 25.4 Å². The van der Waals surface area contributed by atoms with Crippen LogP contribution in [0.25, 0.3) is 0 Å². The van der Waals surface area contributed by atoms with Crippen molar-refractivity contribution in [3.8, 4) is 0 Å². The molecule has 1 saturated heterocycles. The maximum Gasteiger partial charge on any atom is 0.327 e. The number of benzene rings is 1. The van der Waals surface area contributed by atoms with Crippen molar-refractivity contribution < 1.29 is 14.4 Å². The number of imide groups is 1. The van der Waals surface area contributed by atoms with Crippen LogP contribution in [-0.4, -0.2) is 59.2 Å². The van der Waals surface area contributed by atoms with E-state index in [9.17, 15) is 14.4 Å².